The van der Waals surface area contributed by atoms with Crippen LogP contribution in [0.4, 0.5) is 0 Å². The molecule has 0 aromatic carbocycles. The smallest absolute Gasteiger partial charge is 0.189 e. The highest BCUT2D eigenvalue weighted by atomic mass is 35.5. The molecule has 0 aliphatic rings. The molecular weight excluding hydrogens is 236 g/mol. The molecule has 0 aliphatic carbocycles. The van der Waals surface area contributed by atoms with Crippen LogP contribution in [0.3, 0.4) is 0 Å². The van der Waals surface area contributed by atoms with Crippen molar-refractivity contribution < 1.29 is 19.7 Å². The summed E-state index contributed by atoms with van der Waals surface area (Å²) in [4.78, 5) is 0. The molecule has 0 rings (SSSR count). The second kappa shape index (κ2) is 10.9. The van der Waals surface area contributed by atoms with Gasteiger partial charge in [0.15, 0.2) is 5.79 Å². The van der Waals surface area contributed by atoms with E-state index in [0.717, 1.165) is 0 Å². The minimum atomic E-state index is -1.27. The lowest BCUT2D eigenvalue weighted by atomic mass is 10.1. The molecule has 0 saturated carbocycles. The van der Waals surface area contributed by atoms with Crippen molar-refractivity contribution in [2.24, 2.45) is 0 Å². The van der Waals surface area contributed by atoms with Crippen LogP contribution in [-0.4, -0.2) is 59.3 Å². The predicted octanol–water partition coefficient (Wildman–Crippen LogP) is -0.712. The van der Waals surface area contributed by atoms with Gasteiger partial charge in [-0.25, -0.2) is 0 Å². The standard InChI is InChI=1S/C9H19ClO4.H4Si/c1-2-14-9(12,4-3-5-10)8-13-7-6-11;/h11-12H,2-8H2,1H3;1H4. The van der Waals surface area contributed by atoms with Crippen molar-refractivity contribution >= 4 is 22.6 Å². The summed E-state index contributed by atoms with van der Waals surface area (Å²) in [7, 11) is 0. The molecule has 0 aromatic heterocycles. The van der Waals surface area contributed by atoms with Gasteiger partial charge in [-0.1, -0.05) is 0 Å². The molecule has 0 fully saturated rings. The summed E-state index contributed by atoms with van der Waals surface area (Å²) in [6.45, 7) is 2.44. The van der Waals surface area contributed by atoms with Crippen LogP contribution < -0.4 is 0 Å². The third-order valence-corrected chi connectivity index (χ3v) is 1.94. The lowest BCUT2D eigenvalue weighted by Crippen LogP contribution is -2.38. The van der Waals surface area contributed by atoms with Gasteiger partial charge in [-0.2, -0.15) is 0 Å². The number of rotatable bonds is 9. The van der Waals surface area contributed by atoms with Gasteiger partial charge >= 0.3 is 0 Å². The Kier molecular flexibility index (Phi) is 12.8. The number of ether oxygens (including phenoxy) is 2. The highest BCUT2D eigenvalue weighted by molar-refractivity contribution is 6.17. The molecule has 0 amide bonds. The summed E-state index contributed by atoms with van der Waals surface area (Å²) in [6, 6.07) is 0. The van der Waals surface area contributed by atoms with E-state index in [1.807, 2.05) is 0 Å². The van der Waals surface area contributed by atoms with Gasteiger partial charge in [0.25, 0.3) is 0 Å². The first kappa shape index (κ1) is 17.7. The third kappa shape index (κ3) is 9.29. The molecule has 94 valence electrons. The van der Waals surface area contributed by atoms with Crippen LogP contribution in [0.5, 0.6) is 0 Å². The normalized spacial score (nSPS) is 14.4. The maximum atomic E-state index is 9.88. The van der Waals surface area contributed by atoms with E-state index in [-0.39, 0.29) is 30.8 Å². The van der Waals surface area contributed by atoms with E-state index < -0.39 is 5.79 Å². The van der Waals surface area contributed by atoms with Crippen LogP contribution in [0.15, 0.2) is 0 Å². The maximum Gasteiger partial charge on any atom is 0.189 e. The average molecular weight is 259 g/mol. The fourth-order valence-corrected chi connectivity index (χ4v) is 1.23. The van der Waals surface area contributed by atoms with Crippen LogP contribution in [0, 0.1) is 0 Å². The SMILES string of the molecule is CCOC(O)(CCCCl)COCCO.[SiH4]. The zero-order chi connectivity index (χ0) is 10.9. The van der Waals surface area contributed by atoms with Crippen molar-refractivity contribution in [3.05, 3.63) is 0 Å². The van der Waals surface area contributed by atoms with E-state index in [1.54, 1.807) is 6.92 Å². The molecule has 0 spiro atoms. The first-order valence-corrected chi connectivity index (χ1v) is 5.33. The number of aliphatic hydroxyl groups is 2. The molecule has 1 atom stereocenters. The highest BCUT2D eigenvalue weighted by Crippen LogP contribution is 2.15. The van der Waals surface area contributed by atoms with E-state index in [2.05, 4.69) is 0 Å². The first-order chi connectivity index (χ1) is 6.68. The molecular formula is C9H23ClO4Si. The summed E-state index contributed by atoms with van der Waals surface area (Å²) < 4.78 is 10.2. The molecule has 0 saturated heterocycles. The van der Waals surface area contributed by atoms with E-state index in [4.69, 9.17) is 26.2 Å². The second-order valence-electron chi connectivity index (χ2n) is 2.95. The minimum Gasteiger partial charge on any atom is -0.394 e. The fraction of sp³-hybridized carbons (Fsp3) is 1.00. The zero-order valence-electron chi connectivity index (χ0n) is 8.54. The van der Waals surface area contributed by atoms with Crippen LogP contribution >= 0.6 is 11.6 Å². The number of aliphatic hydroxyl groups excluding tert-OH is 1. The fourth-order valence-electron chi connectivity index (χ4n) is 1.09. The Morgan fingerprint density at radius 2 is 2.07 bits per heavy atom. The number of hydrogen-bond donors (Lipinski definition) is 2. The summed E-state index contributed by atoms with van der Waals surface area (Å²) in [5, 5.41) is 18.4. The quantitative estimate of drug-likeness (QED) is 0.248. The number of halogens is 1. The topological polar surface area (TPSA) is 58.9 Å². The van der Waals surface area contributed by atoms with Crippen molar-refractivity contribution in [1.82, 2.24) is 0 Å². The van der Waals surface area contributed by atoms with Crippen molar-refractivity contribution in [2.45, 2.75) is 25.6 Å². The largest absolute Gasteiger partial charge is 0.394 e. The van der Waals surface area contributed by atoms with Gasteiger partial charge in [-0.05, 0) is 24.3 Å². The van der Waals surface area contributed by atoms with Crippen LogP contribution in [-0.2, 0) is 9.47 Å². The number of alkyl halides is 1. The molecule has 15 heavy (non-hydrogen) atoms. The number of hydrogen-bond acceptors (Lipinski definition) is 4. The highest BCUT2D eigenvalue weighted by Gasteiger charge is 2.26. The first-order valence-electron chi connectivity index (χ1n) is 4.79. The summed E-state index contributed by atoms with van der Waals surface area (Å²) in [5.41, 5.74) is 0. The van der Waals surface area contributed by atoms with Gasteiger partial charge in [-0.15, -0.1) is 11.6 Å². The Morgan fingerprint density at radius 3 is 2.53 bits per heavy atom. The van der Waals surface area contributed by atoms with Crippen molar-refractivity contribution in [2.75, 3.05) is 32.3 Å². The van der Waals surface area contributed by atoms with Gasteiger partial charge < -0.3 is 19.7 Å². The molecule has 6 heteroatoms. The van der Waals surface area contributed by atoms with Gasteiger partial charge in [0.1, 0.15) is 6.61 Å². The molecule has 1 unspecified atom stereocenters. The van der Waals surface area contributed by atoms with Crippen molar-refractivity contribution in [3.63, 3.8) is 0 Å². The van der Waals surface area contributed by atoms with Gasteiger partial charge in [-0.3, -0.25) is 0 Å². The summed E-state index contributed by atoms with van der Waals surface area (Å²) in [6.07, 6.45) is 1.11. The van der Waals surface area contributed by atoms with Crippen molar-refractivity contribution in [1.29, 1.82) is 0 Å². The molecule has 0 aromatic rings. The van der Waals surface area contributed by atoms with E-state index in [1.165, 1.54) is 0 Å². The Hall–Kier alpha value is 0.347. The third-order valence-electron chi connectivity index (χ3n) is 1.68. The Morgan fingerprint density at radius 1 is 1.40 bits per heavy atom. The summed E-state index contributed by atoms with van der Waals surface area (Å²) >= 11 is 5.52. The molecule has 0 heterocycles. The van der Waals surface area contributed by atoms with E-state index in [9.17, 15) is 5.11 Å². The van der Waals surface area contributed by atoms with Crippen LogP contribution in [0.25, 0.3) is 0 Å². The molecule has 2 N–H and O–H groups in total. The zero-order valence-corrected chi connectivity index (χ0v) is 9.29. The second-order valence-corrected chi connectivity index (χ2v) is 3.33. The van der Waals surface area contributed by atoms with Crippen LogP contribution in [0.1, 0.15) is 19.8 Å². The van der Waals surface area contributed by atoms with Gasteiger partial charge in [0.2, 0.25) is 0 Å². The summed E-state index contributed by atoms with van der Waals surface area (Å²) in [5.74, 6) is -0.784. The minimum absolute atomic E-state index is 0. The van der Waals surface area contributed by atoms with E-state index >= 15 is 0 Å². The van der Waals surface area contributed by atoms with Crippen molar-refractivity contribution in [3.8, 4) is 0 Å². The van der Waals surface area contributed by atoms with Gasteiger partial charge in [0, 0.05) is 18.9 Å². The molecule has 4 nitrogen and oxygen atoms in total. The van der Waals surface area contributed by atoms with E-state index in [0.29, 0.717) is 25.3 Å². The average Bonchev–Trinajstić information content (AvgIpc) is 2.16. The Balaban J connectivity index is 0. The Bertz CT molecular complexity index is 139. The monoisotopic (exact) mass is 258 g/mol. The lowest BCUT2D eigenvalue weighted by molar-refractivity contribution is -0.234. The molecule has 0 aliphatic heterocycles. The Labute approximate surface area is 101 Å². The maximum absolute atomic E-state index is 9.88. The van der Waals surface area contributed by atoms with Gasteiger partial charge in [0.05, 0.1) is 13.2 Å². The molecule has 0 bridgehead atoms. The van der Waals surface area contributed by atoms with Crippen LogP contribution in [0.2, 0.25) is 0 Å². The predicted molar refractivity (Wildman–Crippen MR) is 65.8 cm³/mol. The lowest BCUT2D eigenvalue weighted by Gasteiger charge is -2.27. The molecule has 0 radical (unpaired) electrons.